The second kappa shape index (κ2) is 11.9. The first-order valence-corrected chi connectivity index (χ1v) is 12.3. The molecule has 3 N–H and O–H groups in total. The molecule has 3 amide bonds. The Hall–Kier alpha value is -3.26. The van der Waals surface area contributed by atoms with Crippen LogP contribution in [0.1, 0.15) is 51.7 Å². The highest BCUT2D eigenvalue weighted by molar-refractivity contribution is 5.96. The van der Waals surface area contributed by atoms with Crippen LogP contribution in [-0.4, -0.2) is 53.3 Å². The number of rotatable bonds is 8. The highest BCUT2D eigenvalue weighted by atomic mass is 16.2. The molecule has 1 aromatic heterocycles. The lowest BCUT2D eigenvalue weighted by Crippen LogP contribution is -2.54. The van der Waals surface area contributed by atoms with Gasteiger partial charge >= 0.3 is 0 Å². The fourth-order valence-electron chi connectivity index (χ4n) is 4.26. The summed E-state index contributed by atoms with van der Waals surface area (Å²) in [5, 5.41) is 9.07. The molecule has 35 heavy (non-hydrogen) atoms. The van der Waals surface area contributed by atoms with Crippen molar-refractivity contribution in [3.05, 3.63) is 53.7 Å². The maximum atomic E-state index is 13.1. The number of nitrogens with one attached hydrogen (secondary N) is 3. The molecule has 0 spiro atoms. The van der Waals surface area contributed by atoms with Crippen LogP contribution in [0.3, 0.4) is 0 Å². The molecule has 1 fully saturated rings. The molecule has 1 aromatic carbocycles. The fourth-order valence-corrected chi connectivity index (χ4v) is 4.26. The molecule has 8 heteroatoms. The van der Waals surface area contributed by atoms with Gasteiger partial charge in [-0.15, -0.1) is 0 Å². The van der Waals surface area contributed by atoms with Crippen LogP contribution in [0.2, 0.25) is 0 Å². The number of aryl methyl sites for hydroxylation is 1. The molecule has 3 rings (SSSR count). The third kappa shape index (κ3) is 7.62. The van der Waals surface area contributed by atoms with Crippen molar-refractivity contribution < 1.29 is 14.4 Å². The van der Waals surface area contributed by atoms with Gasteiger partial charge in [0.15, 0.2) is 0 Å². The Kier molecular flexibility index (Phi) is 8.98. The normalized spacial score (nSPS) is 15.8. The average Bonchev–Trinajstić information content (AvgIpc) is 2.83. The Morgan fingerprint density at radius 2 is 1.89 bits per heavy atom. The zero-order valence-electron chi connectivity index (χ0n) is 21.2. The molecular weight excluding hydrogens is 442 g/mol. The number of piperidine rings is 1. The number of anilines is 2. The molecule has 0 unspecified atom stereocenters. The van der Waals surface area contributed by atoms with E-state index in [2.05, 4.69) is 20.9 Å². The van der Waals surface area contributed by atoms with Gasteiger partial charge in [0.1, 0.15) is 12.4 Å². The lowest BCUT2D eigenvalue weighted by molar-refractivity contribution is -0.144. The van der Waals surface area contributed by atoms with Gasteiger partial charge in [0.2, 0.25) is 17.7 Å². The van der Waals surface area contributed by atoms with Gasteiger partial charge < -0.3 is 20.9 Å². The number of hydrogen-bond acceptors (Lipinski definition) is 5. The van der Waals surface area contributed by atoms with Crippen LogP contribution in [-0.2, 0) is 27.2 Å². The predicted octanol–water partition coefficient (Wildman–Crippen LogP) is 3.39. The zero-order valence-corrected chi connectivity index (χ0v) is 21.2. The van der Waals surface area contributed by atoms with Gasteiger partial charge in [0.05, 0.1) is 6.42 Å². The number of carbonyl (C=O) groups excluding carboxylic acids is 3. The molecule has 188 valence electrons. The first-order valence-electron chi connectivity index (χ1n) is 12.3. The Morgan fingerprint density at radius 1 is 1.09 bits per heavy atom. The monoisotopic (exact) mass is 479 g/mol. The highest BCUT2D eigenvalue weighted by Crippen LogP contribution is 2.23. The molecule has 0 saturated carbocycles. The minimum Gasteiger partial charge on any atom is -0.329 e. The standard InChI is InChI=1S/C27H37N5O3/c1-5-19-11-12-21(15-20(19)16-24(33)31-23-10-6-7-14-29-23)30-25(34)18-32(26(35)27(2,3)4)22-9-8-13-28-17-22/h6-7,10-12,14-15,22,28H,5,8-9,13,16-18H2,1-4H3,(H,30,34)(H,29,31,33)/t22-/m1/s1. The third-order valence-corrected chi connectivity index (χ3v) is 6.08. The van der Waals surface area contributed by atoms with Crippen molar-refractivity contribution in [2.24, 2.45) is 5.41 Å². The van der Waals surface area contributed by atoms with Crippen LogP contribution in [0.15, 0.2) is 42.6 Å². The molecule has 0 bridgehead atoms. The van der Waals surface area contributed by atoms with Gasteiger partial charge in [0, 0.05) is 29.9 Å². The van der Waals surface area contributed by atoms with Gasteiger partial charge in [-0.2, -0.15) is 0 Å². The summed E-state index contributed by atoms with van der Waals surface area (Å²) in [7, 11) is 0. The first-order chi connectivity index (χ1) is 16.7. The molecule has 0 aliphatic carbocycles. The summed E-state index contributed by atoms with van der Waals surface area (Å²) in [6.07, 6.45) is 4.42. The summed E-state index contributed by atoms with van der Waals surface area (Å²) < 4.78 is 0. The number of benzene rings is 1. The second-order valence-electron chi connectivity index (χ2n) is 10.0. The van der Waals surface area contributed by atoms with Gasteiger partial charge in [0.25, 0.3) is 0 Å². The lowest BCUT2D eigenvalue weighted by Gasteiger charge is -2.37. The SMILES string of the molecule is CCc1ccc(NC(=O)CN(C(=O)C(C)(C)C)[C@@H]2CCCNC2)cc1CC(=O)Nc1ccccn1. The van der Waals surface area contributed by atoms with Crippen molar-refractivity contribution in [1.82, 2.24) is 15.2 Å². The summed E-state index contributed by atoms with van der Waals surface area (Å²) in [4.78, 5) is 44.6. The van der Waals surface area contributed by atoms with Crippen molar-refractivity contribution >= 4 is 29.2 Å². The molecule has 2 aromatic rings. The maximum absolute atomic E-state index is 13.1. The van der Waals surface area contributed by atoms with Crippen molar-refractivity contribution in [3.8, 4) is 0 Å². The molecule has 1 aliphatic heterocycles. The van der Waals surface area contributed by atoms with E-state index in [4.69, 9.17) is 0 Å². The Morgan fingerprint density at radius 3 is 2.51 bits per heavy atom. The van der Waals surface area contributed by atoms with Crippen molar-refractivity contribution in [1.29, 1.82) is 0 Å². The predicted molar refractivity (Wildman–Crippen MR) is 138 cm³/mol. The number of hydrogen-bond donors (Lipinski definition) is 3. The quantitative estimate of drug-likeness (QED) is 0.539. The van der Waals surface area contributed by atoms with Crippen molar-refractivity contribution in [3.63, 3.8) is 0 Å². The summed E-state index contributed by atoms with van der Waals surface area (Å²) in [5.41, 5.74) is 1.92. The van der Waals surface area contributed by atoms with Crippen LogP contribution < -0.4 is 16.0 Å². The smallest absolute Gasteiger partial charge is 0.244 e. The van der Waals surface area contributed by atoms with E-state index in [1.807, 2.05) is 52.0 Å². The second-order valence-corrected chi connectivity index (χ2v) is 10.0. The van der Waals surface area contributed by atoms with E-state index >= 15 is 0 Å². The largest absolute Gasteiger partial charge is 0.329 e. The van der Waals surface area contributed by atoms with E-state index in [0.717, 1.165) is 36.9 Å². The van der Waals surface area contributed by atoms with Gasteiger partial charge in [-0.25, -0.2) is 4.98 Å². The lowest BCUT2D eigenvalue weighted by atomic mass is 9.92. The number of carbonyl (C=O) groups is 3. The highest BCUT2D eigenvalue weighted by Gasteiger charge is 2.33. The summed E-state index contributed by atoms with van der Waals surface area (Å²) in [6.45, 7) is 9.28. The van der Waals surface area contributed by atoms with E-state index in [-0.39, 0.29) is 36.7 Å². The zero-order chi connectivity index (χ0) is 25.4. The first kappa shape index (κ1) is 26.3. The molecule has 1 saturated heterocycles. The number of aromatic nitrogens is 1. The third-order valence-electron chi connectivity index (χ3n) is 6.08. The molecule has 0 radical (unpaired) electrons. The molecule has 1 aliphatic rings. The van der Waals surface area contributed by atoms with E-state index in [9.17, 15) is 14.4 Å². The minimum atomic E-state index is -0.575. The van der Waals surface area contributed by atoms with E-state index < -0.39 is 5.41 Å². The van der Waals surface area contributed by atoms with Gasteiger partial charge in [-0.1, -0.05) is 39.8 Å². The van der Waals surface area contributed by atoms with Crippen molar-refractivity contribution in [2.45, 2.75) is 59.4 Å². The summed E-state index contributed by atoms with van der Waals surface area (Å²) in [5.74, 6) is 0.0466. The minimum absolute atomic E-state index is 0.00505. The molecule has 8 nitrogen and oxygen atoms in total. The Labute approximate surface area is 207 Å². The Bertz CT molecular complexity index is 1030. The number of amides is 3. The van der Waals surface area contributed by atoms with Crippen LogP contribution >= 0.6 is 0 Å². The maximum Gasteiger partial charge on any atom is 0.244 e. The average molecular weight is 480 g/mol. The summed E-state index contributed by atoms with van der Waals surface area (Å²) in [6, 6.07) is 11.0. The van der Waals surface area contributed by atoms with E-state index in [0.29, 0.717) is 18.1 Å². The van der Waals surface area contributed by atoms with Gasteiger partial charge in [-0.3, -0.25) is 14.4 Å². The van der Waals surface area contributed by atoms with E-state index in [1.165, 1.54) is 0 Å². The molecule has 1 atom stereocenters. The topological polar surface area (TPSA) is 103 Å². The molecular formula is C27H37N5O3. The molecule has 2 heterocycles. The van der Waals surface area contributed by atoms with Crippen LogP contribution in [0, 0.1) is 5.41 Å². The number of pyridine rings is 1. The summed E-state index contributed by atoms with van der Waals surface area (Å²) >= 11 is 0. The van der Waals surface area contributed by atoms with Crippen LogP contribution in [0.25, 0.3) is 0 Å². The van der Waals surface area contributed by atoms with Crippen molar-refractivity contribution in [2.75, 3.05) is 30.3 Å². The van der Waals surface area contributed by atoms with Crippen LogP contribution in [0.4, 0.5) is 11.5 Å². The van der Waals surface area contributed by atoms with Gasteiger partial charge in [-0.05, 0) is 61.2 Å². The Balaban J connectivity index is 1.70. The van der Waals surface area contributed by atoms with Crippen LogP contribution in [0.5, 0.6) is 0 Å². The van der Waals surface area contributed by atoms with E-state index in [1.54, 1.807) is 23.2 Å². The fraction of sp³-hybridized carbons (Fsp3) is 0.481. The number of nitrogens with zero attached hydrogens (tertiary/aromatic N) is 2.